The molecule has 0 spiro atoms. The van der Waals surface area contributed by atoms with Gasteiger partial charge in [0.15, 0.2) is 9.84 Å². The first-order valence-corrected chi connectivity index (χ1v) is 8.47. The van der Waals surface area contributed by atoms with Crippen molar-refractivity contribution in [3.05, 3.63) is 0 Å². The highest BCUT2D eigenvalue weighted by Crippen LogP contribution is 2.08. The molecule has 0 aromatic rings. The molecule has 2 atom stereocenters. The smallest absolute Gasteiger partial charge is 0.326 e. The SMILES string of the molecule is CC(C)CC(NC(=O)CC1CS(=O)(=O)CCN1)C(=O)O. The van der Waals surface area contributed by atoms with Crippen LogP contribution in [-0.2, 0) is 19.4 Å². The van der Waals surface area contributed by atoms with Gasteiger partial charge in [0, 0.05) is 19.0 Å². The Kier molecular flexibility index (Phi) is 5.94. The normalized spacial score (nSPS) is 23.2. The second kappa shape index (κ2) is 7.03. The number of carbonyl (C=O) groups excluding carboxylic acids is 1. The summed E-state index contributed by atoms with van der Waals surface area (Å²) in [5.74, 6) is -1.37. The molecule has 1 saturated heterocycles. The van der Waals surface area contributed by atoms with Gasteiger partial charge in [0.05, 0.1) is 11.5 Å². The average molecular weight is 306 g/mol. The number of carboxylic acid groups (broad SMARTS) is 1. The molecule has 1 aliphatic heterocycles. The van der Waals surface area contributed by atoms with Crippen molar-refractivity contribution in [1.82, 2.24) is 10.6 Å². The predicted molar refractivity (Wildman–Crippen MR) is 74.1 cm³/mol. The summed E-state index contributed by atoms with van der Waals surface area (Å²) < 4.78 is 22.9. The standard InChI is InChI=1S/C12H22N2O5S/c1-8(2)5-10(12(16)17)14-11(15)6-9-7-20(18,19)4-3-13-9/h8-10,13H,3-7H2,1-2H3,(H,14,15)(H,16,17). The molecule has 1 amide bonds. The highest BCUT2D eigenvalue weighted by atomic mass is 32.2. The maximum atomic E-state index is 11.8. The van der Waals surface area contributed by atoms with E-state index < -0.39 is 33.8 Å². The van der Waals surface area contributed by atoms with Crippen LogP contribution in [0.15, 0.2) is 0 Å². The molecular formula is C12H22N2O5S. The van der Waals surface area contributed by atoms with Crippen LogP contribution in [0.4, 0.5) is 0 Å². The van der Waals surface area contributed by atoms with Gasteiger partial charge in [-0.1, -0.05) is 13.8 Å². The van der Waals surface area contributed by atoms with E-state index >= 15 is 0 Å². The van der Waals surface area contributed by atoms with Crippen LogP contribution in [0.2, 0.25) is 0 Å². The third kappa shape index (κ3) is 5.87. The van der Waals surface area contributed by atoms with Gasteiger partial charge in [0.25, 0.3) is 0 Å². The van der Waals surface area contributed by atoms with Gasteiger partial charge in [-0.3, -0.25) is 4.79 Å². The van der Waals surface area contributed by atoms with E-state index in [1.807, 2.05) is 13.8 Å². The van der Waals surface area contributed by atoms with Crippen LogP contribution in [0.5, 0.6) is 0 Å². The molecule has 0 aromatic heterocycles. The summed E-state index contributed by atoms with van der Waals surface area (Å²) in [7, 11) is -3.10. The Morgan fingerprint density at radius 3 is 2.55 bits per heavy atom. The third-order valence-electron chi connectivity index (χ3n) is 3.07. The molecule has 1 rings (SSSR count). The second-order valence-corrected chi connectivity index (χ2v) is 7.79. The van der Waals surface area contributed by atoms with Crippen molar-refractivity contribution < 1.29 is 23.1 Å². The monoisotopic (exact) mass is 306 g/mol. The summed E-state index contributed by atoms with van der Waals surface area (Å²) in [6.45, 7) is 4.07. The Labute approximate surface area is 119 Å². The zero-order chi connectivity index (χ0) is 15.3. The van der Waals surface area contributed by atoms with E-state index in [2.05, 4.69) is 10.6 Å². The lowest BCUT2D eigenvalue weighted by molar-refractivity contribution is -0.142. The third-order valence-corrected chi connectivity index (χ3v) is 4.81. The van der Waals surface area contributed by atoms with Crippen molar-refractivity contribution in [3.8, 4) is 0 Å². The molecule has 0 saturated carbocycles. The Hall–Kier alpha value is -1.15. The summed E-state index contributed by atoms with van der Waals surface area (Å²) in [5.41, 5.74) is 0. The van der Waals surface area contributed by atoms with Crippen molar-refractivity contribution >= 4 is 21.7 Å². The number of carbonyl (C=O) groups is 2. The summed E-state index contributed by atoms with van der Waals surface area (Å²) >= 11 is 0. The summed E-state index contributed by atoms with van der Waals surface area (Å²) in [6.07, 6.45) is 0.318. The minimum absolute atomic E-state index is 0.0267. The van der Waals surface area contributed by atoms with Gasteiger partial charge in [0.1, 0.15) is 6.04 Å². The largest absolute Gasteiger partial charge is 0.480 e. The van der Waals surface area contributed by atoms with E-state index in [1.165, 1.54) is 0 Å². The van der Waals surface area contributed by atoms with Crippen LogP contribution in [0.3, 0.4) is 0 Å². The van der Waals surface area contributed by atoms with Gasteiger partial charge in [-0.25, -0.2) is 13.2 Å². The van der Waals surface area contributed by atoms with Crippen molar-refractivity contribution in [2.75, 3.05) is 18.1 Å². The second-order valence-electron chi connectivity index (χ2n) is 5.56. The van der Waals surface area contributed by atoms with Crippen LogP contribution >= 0.6 is 0 Å². The molecular weight excluding hydrogens is 284 g/mol. The molecule has 20 heavy (non-hydrogen) atoms. The van der Waals surface area contributed by atoms with Crippen LogP contribution in [-0.4, -0.2) is 55.5 Å². The Morgan fingerprint density at radius 2 is 2.05 bits per heavy atom. The van der Waals surface area contributed by atoms with E-state index in [9.17, 15) is 18.0 Å². The molecule has 0 aliphatic carbocycles. The molecule has 1 fully saturated rings. The molecule has 7 nitrogen and oxygen atoms in total. The molecule has 1 heterocycles. The fraction of sp³-hybridized carbons (Fsp3) is 0.833. The van der Waals surface area contributed by atoms with E-state index in [4.69, 9.17) is 5.11 Å². The van der Waals surface area contributed by atoms with E-state index in [0.29, 0.717) is 13.0 Å². The van der Waals surface area contributed by atoms with Crippen molar-refractivity contribution in [2.45, 2.75) is 38.8 Å². The zero-order valence-electron chi connectivity index (χ0n) is 11.8. The number of amides is 1. The zero-order valence-corrected chi connectivity index (χ0v) is 12.6. The number of nitrogens with one attached hydrogen (secondary N) is 2. The number of hydrogen-bond acceptors (Lipinski definition) is 5. The number of hydrogen-bond donors (Lipinski definition) is 3. The first-order chi connectivity index (χ1) is 9.19. The Morgan fingerprint density at radius 1 is 1.40 bits per heavy atom. The number of aliphatic carboxylic acids is 1. The summed E-state index contributed by atoms with van der Waals surface area (Å²) in [5, 5.41) is 14.4. The molecule has 116 valence electrons. The van der Waals surface area contributed by atoms with Gasteiger partial charge in [-0.05, 0) is 12.3 Å². The first-order valence-electron chi connectivity index (χ1n) is 6.65. The highest BCUT2D eigenvalue weighted by molar-refractivity contribution is 7.91. The van der Waals surface area contributed by atoms with E-state index in [1.54, 1.807) is 0 Å². The Balaban J connectivity index is 2.51. The van der Waals surface area contributed by atoms with Crippen LogP contribution in [0.25, 0.3) is 0 Å². The lowest BCUT2D eigenvalue weighted by Crippen LogP contribution is -2.49. The van der Waals surface area contributed by atoms with Crippen LogP contribution in [0, 0.1) is 5.92 Å². The Bertz CT molecular complexity index is 460. The van der Waals surface area contributed by atoms with E-state index in [-0.39, 0.29) is 23.8 Å². The predicted octanol–water partition coefficient (Wildman–Crippen LogP) is -0.621. The fourth-order valence-electron chi connectivity index (χ4n) is 2.17. The molecule has 0 aromatic carbocycles. The van der Waals surface area contributed by atoms with Gasteiger partial charge in [-0.15, -0.1) is 0 Å². The van der Waals surface area contributed by atoms with Gasteiger partial charge >= 0.3 is 5.97 Å². The quantitative estimate of drug-likeness (QED) is 0.603. The average Bonchev–Trinajstić information content (AvgIpc) is 2.25. The minimum atomic E-state index is -3.10. The molecule has 8 heteroatoms. The van der Waals surface area contributed by atoms with Crippen LogP contribution < -0.4 is 10.6 Å². The minimum Gasteiger partial charge on any atom is -0.480 e. The van der Waals surface area contributed by atoms with Gasteiger partial charge < -0.3 is 15.7 Å². The van der Waals surface area contributed by atoms with E-state index in [0.717, 1.165) is 0 Å². The van der Waals surface area contributed by atoms with Crippen molar-refractivity contribution in [3.63, 3.8) is 0 Å². The fourth-order valence-corrected chi connectivity index (χ4v) is 3.61. The lowest BCUT2D eigenvalue weighted by Gasteiger charge is -2.24. The number of sulfone groups is 1. The van der Waals surface area contributed by atoms with Gasteiger partial charge in [-0.2, -0.15) is 0 Å². The number of rotatable bonds is 6. The molecule has 1 aliphatic rings. The summed E-state index contributed by atoms with van der Waals surface area (Å²) in [4.78, 5) is 22.8. The maximum Gasteiger partial charge on any atom is 0.326 e. The maximum absolute atomic E-state index is 11.8. The topological polar surface area (TPSA) is 113 Å². The number of carboxylic acids is 1. The van der Waals surface area contributed by atoms with Crippen LogP contribution in [0.1, 0.15) is 26.7 Å². The lowest BCUT2D eigenvalue weighted by atomic mass is 10.0. The highest BCUT2D eigenvalue weighted by Gasteiger charge is 2.28. The van der Waals surface area contributed by atoms with Crippen molar-refractivity contribution in [1.29, 1.82) is 0 Å². The molecule has 0 bridgehead atoms. The molecule has 0 radical (unpaired) electrons. The first kappa shape index (κ1) is 16.9. The molecule has 3 N–H and O–H groups in total. The summed E-state index contributed by atoms with van der Waals surface area (Å²) in [6, 6.07) is -1.37. The van der Waals surface area contributed by atoms with Gasteiger partial charge in [0.2, 0.25) is 5.91 Å². The van der Waals surface area contributed by atoms with Crippen molar-refractivity contribution in [2.24, 2.45) is 5.92 Å². The molecule has 2 unspecified atom stereocenters.